The van der Waals surface area contributed by atoms with Gasteiger partial charge in [-0.1, -0.05) is 17.7 Å². The van der Waals surface area contributed by atoms with Crippen LogP contribution in [0.1, 0.15) is 5.56 Å². The Balaban J connectivity index is 2.82. The van der Waals surface area contributed by atoms with E-state index < -0.39 is 0 Å². The van der Waals surface area contributed by atoms with Crippen LogP contribution in [-0.4, -0.2) is 0 Å². The fraction of sp³-hybridized carbons (Fsp3) is 0. The second-order valence-electron chi connectivity index (χ2n) is 2.51. The molecule has 0 aliphatic heterocycles. The highest BCUT2D eigenvalue weighted by Gasteiger charge is 2.07. The first-order valence-electron chi connectivity index (χ1n) is 3.50. The van der Waals surface area contributed by atoms with Gasteiger partial charge in [0.15, 0.2) is 0 Å². The zero-order valence-electron chi connectivity index (χ0n) is 6.34. The fourth-order valence-corrected chi connectivity index (χ4v) is 3.30. The van der Waals surface area contributed by atoms with Gasteiger partial charge in [0.1, 0.15) is 0 Å². The van der Waals surface area contributed by atoms with Gasteiger partial charge in [-0.15, -0.1) is 11.3 Å². The van der Waals surface area contributed by atoms with Crippen LogP contribution >= 0.6 is 45.5 Å². The van der Waals surface area contributed by atoms with Crippen molar-refractivity contribution >= 4 is 55.6 Å². The summed E-state index contributed by atoms with van der Waals surface area (Å²) in [6.45, 7) is 0. The Bertz CT molecular complexity index is 512. The Labute approximate surface area is 98.1 Å². The summed E-state index contributed by atoms with van der Waals surface area (Å²) in [4.78, 5) is 0. The lowest BCUT2D eigenvalue weighted by Crippen LogP contribution is -1.70. The van der Waals surface area contributed by atoms with Gasteiger partial charge in [0.05, 0.1) is 19.5 Å². The Morgan fingerprint density at radius 1 is 1.46 bits per heavy atom. The van der Waals surface area contributed by atoms with Crippen LogP contribution in [0.2, 0.25) is 5.02 Å². The molecule has 0 atom stereocenters. The van der Waals surface area contributed by atoms with E-state index in [-0.39, 0.29) is 0 Å². The number of hydrogen-bond donors (Lipinski definition) is 0. The molecule has 2 aromatic rings. The molecule has 4 heteroatoms. The number of thiophene rings is 1. The van der Waals surface area contributed by atoms with Crippen LogP contribution in [-0.2, 0) is 0 Å². The molecule has 0 fully saturated rings. The number of hydrogen-bond acceptors (Lipinski definition) is 2. The van der Waals surface area contributed by atoms with Gasteiger partial charge < -0.3 is 0 Å². The zero-order valence-corrected chi connectivity index (χ0v) is 10.1. The fourth-order valence-electron chi connectivity index (χ4n) is 1.10. The van der Waals surface area contributed by atoms with E-state index in [4.69, 9.17) is 16.9 Å². The van der Waals surface area contributed by atoms with E-state index in [2.05, 4.69) is 28.7 Å². The summed E-state index contributed by atoms with van der Waals surface area (Å²) < 4.78 is 2.15. The first kappa shape index (κ1) is 9.25. The van der Waals surface area contributed by atoms with Crippen molar-refractivity contribution in [1.82, 2.24) is 0 Å². The lowest BCUT2D eigenvalue weighted by atomic mass is 10.2. The molecule has 0 amide bonds. The first-order chi connectivity index (χ1) is 6.22. The van der Waals surface area contributed by atoms with Gasteiger partial charge in [0.25, 0.3) is 0 Å². The molecule has 0 bridgehead atoms. The van der Waals surface area contributed by atoms with Crippen molar-refractivity contribution in [1.29, 1.82) is 5.26 Å². The van der Waals surface area contributed by atoms with Crippen molar-refractivity contribution in [3.63, 3.8) is 0 Å². The van der Waals surface area contributed by atoms with Crippen LogP contribution in [0.25, 0.3) is 10.1 Å². The van der Waals surface area contributed by atoms with E-state index in [0.717, 1.165) is 18.0 Å². The smallest absolute Gasteiger partial charge is 0.0992 e. The van der Waals surface area contributed by atoms with E-state index >= 15 is 0 Å². The number of nitriles is 1. The zero-order chi connectivity index (χ0) is 9.42. The first-order valence-corrected chi connectivity index (χ1v) is 5.77. The highest BCUT2D eigenvalue weighted by Crippen LogP contribution is 2.36. The number of benzene rings is 1. The summed E-state index contributed by atoms with van der Waals surface area (Å²) in [7, 11) is 0. The highest BCUT2D eigenvalue weighted by atomic mass is 127. The Morgan fingerprint density at radius 2 is 2.23 bits per heavy atom. The second-order valence-corrected chi connectivity index (χ2v) is 5.75. The van der Waals surface area contributed by atoms with E-state index in [9.17, 15) is 0 Å². The van der Waals surface area contributed by atoms with Gasteiger partial charge >= 0.3 is 0 Å². The predicted molar refractivity (Wildman–Crippen MR) is 64.3 cm³/mol. The van der Waals surface area contributed by atoms with Crippen molar-refractivity contribution < 1.29 is 0 Å². The standard InChI is InChI=1S/C9H3ClINS/c10-8-6-2-1-5(4-12)3-7(6)13-9(8)11/h1-3H. The van der Waals surface area contributed by atoms with Gasteiger partial charge in [-0.3, -0.25) is 0 Å². The molecule has 1 aromatic carbocycles. The third-order valence-electron chi connectivity index (χ3n) is 1.72. The average Bonchev–Trinajstić information content (AvgIpc) is 2.42. The third-order valence-corrected chi connectivity index (χ3v) is 4.68. The van der Waals surface area contributed by atoms with E-state index in [1.54, 1.807) is 17.4 Å². The Hall–Kier alpha value is -0.310. The highest BCUT2D eigenvalue weighted by molar-refractivity contribution is 14.1. The van der Waals surface area contributed by atoms with Gasteiger partial charge in [-0.05, 0) is 34.7 Å². The molecular formula is C9H3ClINS. The van der Waals surface area contributed by atoms with Gasteiger partial charge in [0, 0.05) is 10.1 Å². The normalized spacial score (nSPS) is 10.2. The number of fused-ring (bicyclic) bond motifs is 1. The molecule has 1 nitrogen and oxygen atoms in total. The van der Waals surface area contributed by atoms with Crippen molar-refractivity contribution in [3.8, 4) is 6.07 Å². The second kappa shape index (κ2) is 3.45. The van der Waals surface area contributed by atoms with Crippen LogP contribution in [0.5, 0.6) is 0 Å². The molecule has 0 saturated heterocycles. The number of halogens is 2. The van der Waals surface area contributed by atoms with Crippen LogP contribution in [0.4, 0.5) is 0 Å². The molecule has 0 saturated carbocycles. The summed E-state index contributed by atoms with van der Waals surface area (Å²) in [6, 6.07) is 7.66. The topological polar surface area (TPSA) is 23.8 Å². The van der Waals surface area contributed by atoms with Crippen LogP contribution < -0.4 is 0 Å². The summed E-state index contributed by atoms with van der Waals surface area (Å²) in [5.41, 5.74) is 0.682. The maximum atomic E-state index is 8.69. The molecule has 64 valence electrons. The third kappa shape index (κ3) is 1.54. The summed E-state index contributed by atoms with van der Waals surface area (Å²) in [6.07, 6.45) is 0. The lowest BCUT2D eigenvalue weighted by Gasteiger charge is -1.89. The molecule has 13 heavy (non-hydrogen) atoms. The van der Waals surface area contributed by atoms with Crippen LogP contribution in [0.3, 0.4) is 0 Å². The minimum atomic E-state index is 0.682. The van der Waals surface area contributed by atoms with Crippen LogP contribution in [0.15, 0.2) is 18.2 Å². The molecule has 0 spiro atoms. The molecule has 0 N–H and O–H groups in total. The SMILES string of the molecule is N#Cc1ccc2c(Cl)c(I)sc2c1. The van der Waals surface area contributed by atoms with Crippen molar-refractivity contribution in [2.24, 2.45) is 0 Å². The van der Waals surface area contributed by atoms with Gasteiger partial charge in [-0.2, -0.15) is 5.26 Å². The summed E-state index contributed by atoms with van der Waals surface area (Å²) in [5.74, 6) is 0. The quantitative estimate of drug-likeness (QED) is 0.673. The minimum Gasteiger partial charge on any atom is -0.192 e. The van der Waals surface area contributed by atoms with Crippen molar-refractivity contribution in [2.45, 2.75) is 0 Å². The molecule has 0 radical (unpaired) electrons. The average molecular weight is 320 g/mol. The molecule has 0 aliphatic carbocycles. The van der Waals surface area contributed by atoms with E-state index in [1.165, 1.54) is 0 Å². The molecule has 2 rings (SSSR count). The molecular weight excluding hydrogens is 317 g/mol. The van der Waals surface area contributed by atoms with Gasteiger partial charge in [0.2, 0.25) is 0 Å². The molecule has 1 heterocycles. The predicted octanol–water partition coefficient (Wildman–Crippen LogP) is 4.03. The maximum absolute atomic E-state index is 8.69. The largest absolute Gasteiger partial charge is 0.192 e. The molecule has 1 aromatic heterocycles. The number of rotatable bonds is 0. The van der Waals surface area contributed by atoms with Crippen molar-refractivity contribution in [3.05, 3.63) is 31.7 Å². The van der Waals surface area contributed by atoms with Crippen molar-refractivity contribution in [2.75, 3.05) is 0 Å². The van der Waals surface area contributed by atoms with Crippen LogP contribution in [0, 0.1) is 14.2 Å². The summed E-state index contributed by atoms with van der Waals surface area (Å²) >= 11 is 9.87. The lowest BCUT2D eigenvalue weighted by molar-refractivity contribution is 1.50. The number of nitrogens with zero attached hydrogens (tertiary/aromatic N) is 1. The van der Waals surface area contributed by atoms with E-state index in [1.807, 2.05) is 12.1 Å². The summed E-state index contributed by atoms with van der Waals surface area (Å²) in [5, 5.41) is 10.5. The Kier molecular flexibility index (Phi) is 2.45. The molecule has 0 aliphatic rings. The monoisotopic (exact) mass is 319 g/mol. The molecule has 0 unspecified atom stereocenters. The maximum Gasteiger partial charge on any atom is 0.0992 e. The Morgan fingerprint density at radius 3 is 2.92 bits per heavy atom. The van der Waals surface area contributed by atoms with Gasteiger partial charge in [-0.25, -0.2) is 0 Å². The van der Waals surface area contributed by atoms with E-state index in [0.29, 0.717) is 5.56 Å². The minimum absolute atomic E-state index is 0.682.